The molecule has 0 radical (unpaired) electrons. The molecule has 3 nitrogen and oxygen atoms in total. The van der Waals surface area contributed by atoms with E-state index >= 15 is 0 Å². The van der Waals surface area contributed by atoms with E-state index in [9.17, 15) is 4.79 Å². The van der Waals surface area contributed by atoms with Gasteiger partial charge >= 0.3 is 0 Å². The van der Waals surface area contributed by atoms with Crippen LogP contribution in [0.15, 0.2) is 24.3 Å². The summed E-state index contributed by atoms with van der Waals surface area (Å²) in [6.45, 7) is 0. The number of carbonyl (C=O) groups excluding carboxylic acids is 1. The van der Waals surface area contributed by atoms with Crippen molar-refractivity contribution in [1.29, 1.82) is 0 Å². The van der Waals surface area contributed by atoms with E-state index in [-0.39, 0.29) is 11.4 Å². The highest BCUT2D eigenvalue weighted by atomic mass is 16.1. The number of aryl methyl sites for hydroxylation is 1. The van der Waals surface area contributed by atoms with Gasteiger partial charge in [0, 0.05) is 18.0 Å². The Balaban J connectivity index is 1.46. The third kappa shape index (κ3) is 4.57. The molecule has 1 aromatic carbocycles. The van der Waals surface area contributed by atoms with E-state index in [1.54, 1.807) is 0 Å². The first kappa shape index (κ1) is 15.5. The standard InChI is InChI=1S/C19H28N2O/c20-19(11-12-19)14-16-6-4-5-15(13-16)9-10-18(22)21-17-7-2-1-3-8-17/h4-6,13,17H,1-3,7-12,14,20H2,(H,21,22). The van der Waals surface area contributed by atoms with Crippen LogP contribution in [-0.2, 0) is 17.6 Å². The summed E-state index contributed by atoms with van der Waals surface area (Å²) in [4.78, 5) is 12.1. The molecule has 1 aromatic rings. The van der Waals surface area contributed by atoms with Crippen LogP contribution >= 0.6 is 0 Å². The average molecular weight is 300 g/mol. The van der Waals surface area contributed by atoms with Crippen molar-refractivity contribution in [2.45, 2.75) is 75.8 Å². The molecule has 2 fully saturated rings. The highest BCUT2D eigenvalue weighted by Gasteiger charge is 2.37. The van der Waals surface area contributed by atoms with Gasteiger partial charge in [-0.25, -0.2) is 0 Å². The molecule has 1 amide bonds. The third-order valence-corrected chi connectivity index (χ3v) is 5.05. The van der Waals surface area contributed by atoms with Gasteiger partial charge in [0.15, 0.2) is 0 Å². The Labute approximate surface area is 133 Å². The van der Waals surface area contributed by atoms with Crippen molar-refractivity contribution in [2.75, 3.05) is 0 Å². The molecule has 22 heavy (non-hydrogen) atoms. The van der Waals surface area contributed by atoms with Gasteiger partial charge in [0.05, 0.1) is 0 Å². The first-order chi connectivity index (χ1) is 10.6. The van der Waals surface area contributed by atoms with E-state index in [2.05, 4.69) is 29.6 Å². The summed E-state index contributed by atoms with van der Waals surface area (Å²) in [5.74, 6) is 0.204. The van der Waals surface area contributed by atoms with Gasteiger partial charge in [0.2, 0.25) is 5.91 Å². The van der Waals surface area contributed by atoms with Crippen molar-refractivity contribution in [1.82, 2.24) is 5.32 Å². The molecule has 120 valence electrons. The van der Waals surface area contributed by atoms with Crippen LogP contribution in [0.25, 0.3) is 0 Å². The fourth-order valence-corrected chi connectivity index (χ4v) is 3.44. The Morgan fingerprint density at radius 3 is 2.64 bits per heavy atom. The maximum absolute atomic E-state index is 12.1. The van der Waals surface area contributed by atoms with Crippen molar-refractivity contribution >= 4 is 5.91 Å². The molecule has 3 rings (SSSR count). The molecule has 3 heteroatoms. The van der Waals surface area contributed by atoms with Gasteiger partial charge in [-0.15, -0.1) is 0 Å². The Kier molecular flexibility index (Phi) is 4.82. The second-order valence-electron chi connectivity index (χ2n) is 7.26. The largest absolute Gasteiger partial charge is 0.353 e. The lowest BCUT2D eigenvalue weighted by Gasteiger charge is -2.22. The molecule has 0 aliphatic heterocycles. The van der Waals surface area contributed by atoms with Gasteiger partial charge < -0.3 is 11.1 Å². The quantitative estimate of drug-likeness (QED) is 0.848. The van der Waals surface area contributed by atoms with Crippen molar-refractivity contribution in [3.8, 4) is 0 Å². The van der Waals surface area contributed by atoms with Crippen LogP contribution < -0.4 is 11.1 Å². The van der Waals surface area contributed by atoms with Crippen molar-refractivity contribution < 1.29 is 4.79 Å². The maximum Gasteiger partial charge on any atom is 0.220 e. The predicted octanol–water partition coefficient (Wildman–Crippen LogP) is 3.10. The van der Waals surface area contributed by atoms with Gasteiger partial charge in [0.1, 0.15) is 0 Å². The topological polar surface area (TPSA) is 55.1 Å². The van der Waals surface area contributed by atoms with Gasteiger partial charge in [-0.1, -0.05) is 43.5 Å². The van der Waals surface area contributed by atoms with Crippen LogP contribution in [0, 0.1) is 0 Å². The van der Waals surface area contributed by atoms with Crippen LogP contribution in [0.4, 0.5) is 0 Å². The molecule has 3 N–H and O–H groups in total. The van der Waals surface area contributed by atoms with Gasteiger partial charge in [-0.2, -0.15) is 0 Å². The lowest BCUT2D eigenvalue weighted by molar-refractivity contribution is -0.121. The molecular weight excluding hydrogens is 272 g/mol. The zero-order chi connectivity index (χ0) is 15.4. The molecule has 0 atom stereocenters. The van der Waals surface area contributed by atoms with E-state index in [0.29, 0.717) is 12.5 Å². The van der Waals surface area contributed by atoms with Crippen LogP contribution in [0.1, 0.15) is 62.5 Å². The zero-order valence-corrected chi connectivity index (χ0v) is 13.4. The molecule has 2 aliphatic carbocycles. The van der Waals surface area contributed by atoms with E-state index in [0.717, 1.165) is 38.5 Å². The van der Waals surface area contributed by atoms with Crippen molar-refractivity contribution in [3.63, 3.8) is 0 Å². The predicted molar refractivity (Wildman–Crippen MR) is 89.6 cm³/mol. The number of hydrogen-bond acceptors (Lipinski definition) is 2. The van der Waals surface area contributed by atoms with Crippen LogP contribution in [0.3, 0.4) is 0 Å². The molecule has 0 spiro atoms. The minimum atomic E-state index is 0.0526. The van der Waals surface area contributed by atoms with E-state index in [1.165, 1.54) is 30.4 Å². The lowest BCUT2D eigenvalue weighted by Crippen LogP contribution is -2.36. The highest BCUT2D eigenvalue weighted by Crippen LogP contribution is 2.35. The number of rotatable bonds is 6. The first-order valence-electron chi connectivity index (χ1n) is 8.79. The molecule has 0 aromatic heterocycles. The Morgan fingerprint density at radius 2 is 1.91 bits per heavy atom. The van der Waals surface area contributed by atoms with Gasteiger partial charge in [0.25, 0.3) is 0 Å². The number of nitrogens with one attached hydrogen (secondary N) is 1. The Hall–Kier alpha value is -1.35. The second-order valence-corrected chi connectivity index (χ2v) is 7.26. The molecule has 0 bridgehead atoms. The fourth-order valence-electron chi connectivity index (χ4n) is 3.44. The van der Waals surface area contributed by atoms with Gasteiger partial charge in [-0.05, 0) is 49.7 Å². The number of benzene rings is 1. The molecule has 2 saturated carbocycles. The number of carbonyl (C=O) groups is 1. The third-order valence-electron chi connectivity index (χ3n) is 5.05. The molecule has 2 aliphatic rings. The minimum Gasteiger partial charge on any atom is -0.353 e. The number of hydrogen-bond donors (Lipinski definition) is 2. The van der Waals surface area contributed by atoms with Crippen molar-refractivity contribution in [2.24, 2.45) is 5.73 Å². The summed E-state index contributed by atoms with van der Waals surface area (Å²) in [5.41, 5.74) is 8.80. The SMILES string of the molecule is NC1(Cc2cccc(CCC(=O)NC3CCCCC3)c2)CC1. The van der Waals surface area contributed by atoms with Crippen LogP contribution in [-0.4, -0.2) is 17.5 Å². The summed E-state index contributed by atoms with van der Waals surface area (Å²) in [6, 6.07) is 9.00. The monoisotopic (exact) mass is 300 g/mol. The number of amides is 1. The fraction of sp³-hybridized carbons (Fsp3) is 0.632. The molecular formula is C19H28N2O. The van der Waals surface area contributed by atoms with Crippen LogP contribution in [0.5, 0.6) is 0 Å². The maximum atomic E-state index is 12.1. The van der Waals surface area contributed by atoms with E-state index < -0.39 is 0 Å². The summed E-state index contributed by atoms with van der Waals surface area (Å²) < 4.78 is 0. The van der Waals surface area contributed by atoms with Crippen molar-refractivity contribution in [3.05, 3.63) is 35.4 Å². The lowest BCUT2D eigenvalue weighted by atomic mass is 9.95. The minimum absolute atomic E-state index is 0.0526. The average Bonchev–Trinajstić information content (AvgIpc) is 3.24. The molecule has 0 unspecified atom stereocenters. The number of nitrogens with two attached hydrogens (primary N) is 1. The highest BCUT2D eigenvalue weighted by molar-refractivity contribution is 5.76. The Morgan fingerprint density at radius 1 is 1.18 bits per heavy atom. The first-order valence-corrected chi connectivity index (χ1v) is 8.79. The summed E-state index contributed by atoms with van der Waals surface area (Å²) in [7, 11) is 0. The van der Waals surface area contributed by atoms with E-state index in [1.807, 2.05) is 0 Å². The van der Waals surface area contributed by atoms with Gasteiger partial charge in [-0.3, -0.25) is 4.79 Å². The van der Waals surface area contributed by atoms with E-state index in [4.69, 9.17) is 5.73 Å². The Bertz CT molecular complexity index is 516. The summed E-state index contributed by atoms with van der Waals surface area (Å²) in [6.07, 6.45) is 10.8. The molecule has 0 heterocycles. The molecule has 0 saturated heterocycles. The summed E-state index contributed by atoms with van der Waals surface area (Å²) >= 11 is 0. The second kappa shape index (κ2) is 6.82. The summed E-state index contributed by atoms with van der Waals surface area (Å²) in [5, 5.41) is 3.19. The van der Waals surface area contributed by atoms with Crippen LogP contribution in [0.2, 0.25) is 0 Å². The normalized spacial score (nSPS) is 20.6. The smallest absolute Gasteiger partial charge is 0.220 e. The zero-order valence-electron chi connectivity index (χ0n) is 13.4.